The first-order chi connectivity index (χ1) is 8.75. The highest BCUT2D eigenvalue weighted by molar-refractivity contribution is 5.18. The van der Waals surface area contributed by atoms with Crippen LogP contribution in [0, 0.1) is 0 Å². The molecular formula is C8H5F9N2O. The molecule has 0 amide bonds. The molecule has 0 aliphatic carbocycles. The Labute approximate surface area is 104 Å². The van der Waals surface area contributed by atoms with Crippen molar-refractivity contribution in [2.24, 2.45) is 7.05 Å². The lowest BCUT2D eigenvalue weighted by Gasteiger charge is -2.19. The zero-order valence-electron chi connectivity index (χ0n) is 9.36. The van der Waals surface area contributed by atoms with Crippen molar-refractivity contribution in [3.8, 4) is 0 Å². The molecule has 1 rings (SSSR count). The molecule has 0 N–H and O–H groups in total. The molecule has 0 aromatic carbocycles. The van der Waals surface area contributed by atoms with Crippen molar-refractivity contribution >= 4 is 0 Å². The standard InChI is InChI=1S/C8H5F9N2O/c1-19-4(6(10,11)7(12,13)14)2-3(18-19)5(9)20-8(15,16)17/h2,5H,1H3. The summed E-state index contributed by atoms with van der Waals surface area (Å²) in [6.07, 6.45) is -14.8. The predicted octanol–water partition coefficient (Wildman–Crippen LogP) is 3.58. The summed E-state index contributed by atoms with van der Waals surface area (Å²) >= 11 is 0. The van der Waals surface area contributed by atoms with Crippen LogP contribution in [0.2, 0.25) is 0 Å². The molecule has 116 valence electrons. The van der Waals surface area contributed by atoms with Gasteiger partial charge in [-0.1, -0.05) is 0 Å². The minimum atomic E-state index is -6.01. The van der Waals surface area contributed by atoms with Crippen molar-refractivity contribution in [1.82, 2.24) is 9.78 Å². The molecule has 1 unspecified atom stereocenters. The van der Waals surface area contributed by atoms with Gasteiger partial charge in [0.25, 0.3) is 6.36 Å². The first-order valence-electron chi connectivity index (χ1n) is 4.63. The van der Waals surface area contributed by atoms with E-state index in [1.807, 2.05) is 0 Å². The minimum absolute atomic E-state index is 0.0743. The maximum absolute atomic E-state index is 13.0. The van der Waals surface area contributed by atoms with Gasteiger partial charge in [0.15, 0.2) is 0 Å². The maximum atomic E-state index is 13.0. The highest BCUT2D eigenvalue weighted by Crippen LogP contribution is 2.44. The van der Waals surface area contributed by atoms with Crippen molar-refractivity contribution < 1.29 is 44.3 Å². The van der Waals surface area contributed by atoms with Crippen molar-refractivity contribution in [2.45, 2.75) is 24.8 Å². The van der Waals surface area contributed by atoms with Crippen LogP contribution in [0.25, 0.3) is 0 Å². The van der Waals surface area contributed by atoms with Gasteiger partial charge in [0.1, 0.15) is 11.4 Å². The molecule has 3 nitrogen and oxygen atoms in total. The summed E-state index contributed by atoms with van der Waals surface area (Å²) < 4.78 is 113. The van der Waals surface area contributed by atoms with Crippen molar-refractivity contribution in [1.29, 1.82) is 0 Å². The van der Waals surface area contributed by atoms with E-state index in [1.54, 1.807) is 0 Å². The largest absolute Gasteiger partial charge is 0.525 e. The molecule has 0 aliphatic heterocycles. The van der Waals surface area contributed by atoms with Crippen LogP contribution in [0.15, 0.2) is 6.07 Å². The highest BCUT2D eigenvalue weighted by Gasteiger charge is 2.60. The molecule has 0 radical (unpaired) electrons. The van der Waals surface area contributed by atoms with Gasteiger partial charge in [-0.3, -0.25) is 9.42 Å². The number of halogens is 9. The molecule has 1 atom stereocenters. The molecule has 0 spiro atoms. The number of alkyl halides is 9. The molecule has 0 saturated carbocycles. The Hall–Kier alpha value is -1.46. The molecule has 0 saturated heterocycles. The number of aromatic nitrogens is 2. The summed E-state index contributed by atoms with van der Waals surface area (Å²) in [6, 6.07) is -0.149. The molecule has 0 aliphatic rings. The SMILES string of the molecule is Cn1nc(C(F)OC(F)(F)F)cc1C(F)(F)C(F)(F)F. The molecule has 0 fully saturated rings. The lowest BCUT2D eigenvalue weighted by molar-refractivity contribution is -0.363. The van der Waals surface area contributed by atoms with Crippen LogP contribution in [0.3, 0.4) is 0 Å². The van der Waals surface area contributed by atoms with Gasteiger partial charge in [-0.25, -0.2) is 4.39 Å². The summed E-state index contributed by atoms with van der Waals surface area (Å²) in [5, 5.41) is 2.81. The zero-order chi connectivity index (χ0) is 15.9. The van der Waals surface area contributed by atoms with Gasteiger partial charge in [0.2, 0.25) is 0 Å². The molecular weight excluding hydrogens is 311 g/mol. The van der Waals surface area contributed by atoms with E-state index in [0.29, 0.717) is 7.05 Å². The lowest BCUT2D eigenvalue weighted by atomic mass is 10.2. The number of hydrogen-bond donors (Lipinski definition) is 0. The Morgan fingerprint density at radius 1 is 1.10 bits per heavy atom. The zero-order valence-corrected chi connectivity index (χ0v) is 9.36. The second-order valence-corrected chi connectivity index (χ2v) is 3.53. The van der Waals surface area contributed by atoms with E-state index in [2.05, 4.69) is 9.84 Å². The average molecular weight is 316 g/mol. The van der Waals surface area contributed by atoms with Crippen molar-refractivity contribution in [3.63, 3.8) is 0 Å². The van der Waals surface area contributed by atoms with E-state index in [4.69, 9.17) is 0 Å². The van der Waals surface area contributed by atoms with Crippen molar-refractivity contribution in [2.75, 3.05) is 0 Å². The fourth-order valence-electron chi connectivity index (χ4n) is 1.22. The van der Waals surface area contributed by atoms with E-state index in [-0.39, 0.29) is 10.7 Å². The highest BCUT2D eigenvalue weighted by atomic mass is 19.4. The summed E-state index contributed by atoms with van der Waals surface area (Å²) in [5.74, 6) is -5.40. The van der Waals surface area contributed by atoms with Gasteiger partial charge < -0.3 is 0 Å². The Morgan fingerprint density at radius 3 is 2.00 bits per heavy atom. The van der Waals surface area contributed by atoms with Crippen LogP contribution in [0.1, 0.15) is 17.7 Å². The average Bonchev–Trinajstić information content (AvgIpc) is 2.56. The van der Waals surface area contributed by atoms with Gasteiger partial charge in [-0.2, -0.15) is 27.1 Å². The van der Waals surface area contributed by atoms with Gasteiger partial charge in [-0.05, 0) is 6.07 Å². The molecule has 12 heteroatoms. The number of rotatable bonds is 3. The monoisotopic (exact) mass is 316 g/mol. The van der Waals surface area contributed by atoms with Gasteiger partial charge >= 0.3 is 18.5 Å². The number of hydrogen-bond acceptors (Lipinski definition) is 2. The van der Waals surface area contributed by atoms with Gasteiger partial charge in [-0.15, -0.1) is 13.2 Å². The first-order valence-corrected chi connectivity index (χ1v) is 4.63. The van der Waals surface area contributed by atoms with Crippen LogP contribution in [0.5, 0.6) is 0 Å². The predicted molar refractivity (Wildman–Crippen MR) is 44.1 cm³/mol. The second-order valence-electron chi connectivity index (χ2n) is 3.53. The summed E-state index contributed by atoms with van der Waals surface area (Å²) in [6.45, 7) is 0. The Morgan fingerprint density at radius 2 is 1.60 bits per heavy atom. The quantitative estimate of drug-likeness (QED) is 0.797. The second kappa shape index (κ2) is 4.82. The van der Waals surface area contributed by atoms with E-state index in [0.717, 1.165) is 0 Å². The van der Waals surface area contributed by atoms with Crippen LogP contribution in [0.4, 0.5) is 39.5 Å². The van der Waals surface area contributed by atoms with E-state index in [1.165, 1.54) is 0 Å². The summed E-state index contributed by atoms with van der Waals surface area (Å²) in [5.41, 5.74) is -3.17. The molecule has 1 aromatic rings. The Bertz CT molecular complexity index is 475. The van der Waals surface area contributed by atoms with E-state index in [9.17, 15) is 39.5 Å². The third-order valence-electron chi connectivity index (χ3n) is 2.05. The van der Waals surface area contributed by atoms with Crippen molar-refractivity contribution in [3.05, 3.63) is 17.5 Å². The minimum Gasteiger partial charge on any atom is -0.266 e. The van der Waals surface area contributed by atoms with Crippen LogP contribution < -0.4 is 0 Å². The number of ether oxygens (including phenoxy) is 1. The Balaban J connectivity index is 3.11. The number of nitrogens with zero attached hydrogens (tertiary/aromatic N) is 2. The number of aryl methyl sites for hydroxylation is 1. The van der Waals surface area contributed by atoms with Crippen LogP contribution >= 0.6 is 0 Å². The smallest absolute Gasteiger partial charge is 0.266 e. The lowest BCUT2D eigenvalue weighted by Crippen LogP contribution is -2.35. The van der Waals surface area contributed by atoms with Crippen LogP contribution in [-0.4, -0.2) is 22.3 Å². The summed E-state index contributed by atoms with van der Waals surface area (Å²) in [4.78, 5) is 0. The molecule has 0 bridgehead atoms. The Kier molecular flexibility index (Phi) is 4.00. The maximum Gasteiger partial charge on any atom is 0.525 e. The molecule has 1 aromatic heterocycles. The fourth-order valence-corrected chi connectivity index (χ4v) is 1.22. The topological polar surface area (TPSA) is 27.1 Å². The van der Waals surface area contributed by atoms with Gasteiger partial charge in [0, 0.05) is 7.05 Å². The fraction of sp³-hybridized carbons (Fsp3) is 0.625. The van der Waals surface area contributed by atoms with E-state index < -0.39 is 36.2 Å². The summed E-state index contributed by atoms with van der Waals surface area (Å²) in [7, 11) is 0.596. The normalized spacial score (nSPS) is 15.5. The third kappa shape index (κ3) is 3.35. The first kappa shape index (κ1) is 16.6. The molecule has 20 heavy (non-hydrogen) atoms. The van der Waals surface area contributed by atoms with Crippen LogP contribution in [-0.2, 0) is 17.7 Å². The van der Waals surface area contributed by atoms with E-state index >= 15 is 0 Å². The molecule has 1 heterocycles. The van der Waals surface area contributed by atoms with Gasteiger partial charge in [0.05, 0.1) is 0 Å². The third-order valence-corrected chi connectivity index (χ3v) is 2.05.